The second-order valence-corrected chi connectivity index (χ2v) is 4.49. The highest BCUT2D eigenvalue weighted by atomic mass is 16.4. The van der Waals surface area contributed by atoms with Gasteiger partial charge in [-0.3, -0.25) is 4.79 Å². The molecule has 1 aliphatic rings. The number of carbonyl (C=O) groups is 1. The van der Waals surface area contributed by atoms with Gasteiger partial charge in [-0.15, -0.1) is 0 Å². The summed E-state index contributed by atoms with van der Waals surface area (Å²) in [7, 11) is 0. The van der Waals surface area contributed by atoms with E-state index >= 15 is 0 Å². The van der Waals surface area contributed by atoms with E-state index in [-0.39, 0.29) is 31.5 Å². The highest BCUT2D eigenvalue weighted by molar-refractivity contribution is 5.67. The van der Waals surface area contributed by atoms with Crippen LogP contribution in [0.3, 0.4) is 0 Å². The van der Waals surface area contributed by atoms with Crippen LogP contribution in [0, 0.1) is 5.92 Å². The highest BCUT2D eigenvalue weighted by Gasteiger charge is 2.24. The molecule has 5 nitrogen and oxygen atoms in total. The molecule has 1 saturated carbocycles. The lowest BCUT2D eigenvalue weighted by molar-refractivity contribution is -0.139. The molecule has 0 saturated heterocycles. The molecule has 3 atom stereocenters. The zero-order valence-electron chi connectivity index (χ0n) is 9.43. The van der Waals surface area contributed by atoms with E-state index in [1.54, 1.807) is 0 Å². The van der Waals surface area contributed by atoms with Crippen molar-refractivity contribution in [3.05, 3.63) is 0 Å². The predicted octanol–water partition coefficient (Wildman–Crippen LogP) is -0.0373. The average Bonchev–Trinajstić information content (AvgIpc) is 2.26. The van der Waals surface area contributed by atoms with Crippen molar-refractivity contribution in [2.24, 2.45) is 5.92 Å². The largest absolute Gasteiger partial charge is 0.481 e. The van der Waals surface area contributed by atoms with Crippen LogP contribution in [0.5, 0.6) is 0 Å². The Hall–Kier alpha value is -0.650. The third kappa shape index (κ3) is 4.47. The maximum atomic E-state index is 10.4. The van der Waals surface area contributed by atoms with Gasteiger partial charge in [0, 0.05) is 19.2 Å². The number of rotatable bonds is 6. The van der Waals surface area contributed by atoms with E-state index in [1.165, 1.54) is 0 Å². The van der Waals surface area contributed by atoms with Crippen molar-refractivity contribution in [3.8, 4) is 0 Å². The highest BCUT2D eigenvalue weighted by Crippen LogP contribution is 2.23. The average molecular weight is 231 g/mol. The molecule has 1 fully saturated rings. The first-order valence-corrected chi connectivity index (χ1v) is 5.87. The van der Waals surface area contributed by atoms with E-state index < -0.39 is 12.1 Å². The standard InChI is InChI=1S/C11H21NO4/c13-7-8-3-1-2-4-10(8)12-6-9(14)5-11(15)16/h8-10,12-14H,1-7H2,(H,15,16). The normalized spacial score (nSPS) is 27.6. The predicted molar refractivity (Wildman–Crippen MR) is 59.1 cm³/mol. The molecule has 0 bridgehead atoms. The number of hydrogen-bond donors (Lipinski definition) is 4. The molecule has 0 aromatic rings. The zero-order valence-corrected chi connectivity index (χ0v) is 9.43. The van der Waals surface area contributed by atoms with Gasteiger partial charge in [0.2, 0.25) is 0 Å². The van der Waals surface area contributed by atoms with Gasteiger partial charge in [0.05, 0.1) is 12.5 Å². The maximum absolute atomic E-state index is 10.4. The minimum Gasteiger partial charge on any atom is -0.481 e. The molecule has 0 aromatic heterocycles. The van der Waals surface area contributed by atoms with E-state index in [9.17, 15) is 15.0 Å². The topological polar surface area (TPSA) is 89.8 Å². The lowest BCUT2D eigenvalue weighted by atomic mass is 9.85. The number of carboxylic acids is 1. The summed E-state index contributed by atoms with van der Waals surface area (Å²) < 4.78 is 0. The van der Waals surface area contributed by atoms with Crippen molar-refractivity contribution in [2.75, 3.05) is 13.2 Å². The molecule has 0 radical (unpaired) electrons. The molecule has 4 N–H and O–H groups in total. The Balaban J connectivity index is 2.26. The third-order valence-electron chi connectivity index (χ3n) is 3.17. The summed E-state index contributed by atoms with van der Waals surface area (Å²) in [6.07, 6.45) is 3.18. The summed E-state index contributed by atoms with van der Waals surface area (Å²) in [6, 6.07) is 0.210. The van der Waals surface area contributed by atoms with E-state index in [0.717, 1.165) is 25.7 Å². The Kier molecular flexibility index (Phi) is 5.73. The SMILES string of the molecule is O=C(O)CC(O)CNC1CCCCC1CO. The van der Waals surface area contributed by atoms with Crippen molar-refractivity contribution in [1.29, 1.82) is 0 Å². The molecule has 3 unspecified atom stereocenters. The van der Waals surface area contributed by atoms with Gasteiger partial charge in [0.25, 0.3) is 0 Å². The Morgan fingerprint density at radius 1 is 1.38 bits per heavy atom. The van der Waals surface area contributed by atoms with E-state index in [2.05, 4.69) is 5.32 Å². The minimum atomic E-state index is -0.989. The number of aliphatic carboxylic acids is 1. The molecule has 5 heteroatoms. The lowest BCUT2D eigenvalue weighted by Crippen LogP contribution is -2.43. The zero-order chi connectivity index (χ0) is 12.0. The fourth-order valence-corrected chi connectivity index (χ4v) is 2.26. The monoisotopic (exact) mass is 231 g/mol. The van der Waals surface area contributed by atoms with Gasteiger partial charge in [-0.2, -0.15) is 0 Å². The summed E-state index contributed by atoms with van der Waals surface area (Å²) in [5.74, 6) is -0.748. The summed E-state index contributed by atoms with van der Waals surface area (Å²) in [5.41, 5.74) is 0. The first-order valence-electron chi connectivity index (χ1n) is 5.87. The summed E-state index contributed by atoms with van der Waals surface area (Å²) in [4.78, 5) is 10.4. The molecule has 0 spiro atoms. The van der Waals surface area contributed by atoms with Crippen molar-refractivity contribution in [2.45, 2.75) is 44.2 Å². The quantitative estimate of drug-likeness (QED) is 0.515. The molecular weight excluding hydrogens is 210 g/mol. The molecule has 0 aliphatic heterocycles. The van der Waals surface area contributed by atoms with Crippen molar-refractivity contribution >= 4 is 5.97 Å². The molecule has 0 heterocycles. The van der Waals surface area contributed by atoms with Gasteiger partial charge in [-0.05, 0) is 18.8 Å². The molecule has 1 aliphatic carbocycles. The molecule has 94 valence electrons. The summed E-state index contributed by atoms with van der Waals surface area (Å²) in [5, 5.41) is 30.2. The lowest BCUT2D eigenvalue weighted by Gasteiger charge is -2.31. The van der Waals surface area contributed by atoms with E-state index in [1.807, 2.05) is 0 Å². The molecule has 16 heavy (non-hydrogen) atoms. The Bertz CT molecular complexity index is 222. The number of aliphatic hydroxyl groups is 2. The van der Waals surface area contributed by atoms with Gasteiger partial charge >= 0.3 is 5.97 Å². The fraction of sp³-hybridized carbons (Fsp3) is 0.909. The van der Waals surface area contributed by atoms with Gasteiger partial charge in [-0.1, -0.05) is 12.8 Å². The maximum Gasteiger partial charge on any atom is 0.306 e. The second-order valence-electron chi connectivity index (χ2n) is 4.49. The Labute approximate surface area is 95.5 Å². The second kappa shape index (κ2) is 6.83. The van der Waals surface area contributed by atoms with Gasteiger partial charge in [0.1, 0.15) is 0 Å². The molecule has 0 aromatic carbocycles. The fourth-order valence-electron chi connectivity index (χ4n) is 2.26. The number of aliphatic hydroxyl groups excluding tert-OH is 2. The van der Waals surface area contributed by atoms with Crippen LogP contribution in [0.25, 0.3) is 0 Å². The van der Waals surface area contributed by atoms with Crippen LogP contribution >= 0.6 is 0 Å². The van der Waals surface area contributed by atoms with Gasteiger partial charge < -0.3 is 20.6 Å². The molecule has 0 amide bonds. The van der Waals surface area contributed by atoms with Crippen LogP contribution in [0.2, 0.25) is 0 Å². The minimum absolute atomic E-state index is 0.159. The van der Waals surface area contributed by atoms with Crippen LogP contribution in [-0.2, 0) is 4.79 Å². The van der Waals surface area contributed by atoms with Crippen LogP contribution in [-0.4, -0.2) is 46.6 Å². The summed E-state index contributed by atoms with van der Waals surface area (Å²) in [6.45, 7) is 0.445. The smallest absolute Gasteiger partial charge is 0.306 e. The van der Waals surface area contributed by atoms with Crippen LogP contribution in [0.1, 0.15) is 32.1 Å². The number of hydrogen-bond acceptors (Lipinski definition) is 4. The third-order valence-corrected chi connectivity index (χ3v) is 3.17. The van der Waals surface area contributed by atoms with Crippen molar-refractivity contribution in [3.63, 3.8) is 0 Å². The first kappa shape index (κ1) is 13.4. The van der Waals surface area contributed by atoms with E-state index in [4.69, 9.17) is 5.11 Å². The van der Waals surface area contributed by atoms with Crippen molar-refractivity contribution < 1.29 is 20.1 Å². The number of nitrogens with one attached hydrogen (secondary N) is 1. The molecular formula is C11H21NO4. The van der Waals surface area contributed by atoms with Gasteiger partial charge in [0.15, 0.2) is 0 Å². The van der Waals surface area contributed by atoms with E-state index in [0.29, 0.717) is 0 Å². The van der Waals surface area contributed by atoms with Crippen LogP contribution in [0.15, 0.2) is 0 Å². The van der Waals surface area contributed by atoms with Crippen LogP contribution in [0.4, 0.5) is 0 Å². The van der Waals surface area contributed by atoms with Gasteiger partial charge in [-0.25, -0.2) is 0 Å². The Morgan fingerprint density at radius 2 is 2.06 bits per heavy atom. The first-order chi connectivity index (χ1) is 7.63. The number of carboxylic acid groups (broad SMARTS) is 1. The van der Waals surface area contributed by atoms with Crippen molar-refractivity contribution in [1.82, 2.24) is 5.32 Å². The molecule has 1 rings (SSSR count). The Morgan fingerprint density at radius 3 is 2.69 bits per heavy atom. The van der Waals surface area contributed by atoms with Crippen LogP contribution < -0.4 is 5.32 Å². The summed E-state index contributed by atoms with van der Waals surface area (Å²) >= 11 is 0.